The minimum atomic E-state index is 0.524. The zero-order valence-corrected chi connectivity index (χ0v) is 14.6. The predicted octanol–water partition coefficient (Wildman–Crippen LogP) is 3.39. The third-order valence-electron chi connectivity index (χ3n) is 2.94. The summed E-state index contributed by atoms with van der Waals surface area (Å²) in [6, 6.07) is 8.49. The van der Waals surface area contributed by atoms with E-state index in [2.05, 4.69) is 54.1 Å². The van der Waals surface area contributed by atoms with Crippen LogP contribution in [0.3, 0.4) is 0 Å². The molecular weight excluding hydrogens is 316 g/mol. The van der Waals surface area contributed by atoms with Crippen LogP contribution in [-0.2, 0) is 0 Å². The van der Waals surface area contributed by atoms with Crippen molar-refractivity contribution in [1.82, 2.24) is 10.2 Å². The van der Waals surface area contributed by atoms with Crippen LogP contribution in [0.5, 0.6) is 5.75 Å². The van der Waals surface area contributed by atoms with Crippen LogP contribution in [0.4, 0.5) is 0 Å². The molecule has 1 rings (SSSR count). The number of benzene rings is 1. The summed E-state index contributed by atoms with van der Waals surface area (Å²) < 4.78 is 6.79. The van der Waals surface area contributed by atoms with Crippen LogP contribution in [0.25, 0.3) is 0 Å². The molecule has 20 heavy (non-hydrogen) atoms. The van der Waals surface area contributed by atoms with Crippen LogP contribution in [0.2, 0.25) is 0 Å². The van der Waals surface area contributed by atoms with Gasteiger partial charge in [-0.2, -0.15) is 0 Å². The molecule has 1 N–H and O–H groups in total. The molecule has 1 unspecified atom stereocenters. The fraction of sp³-hybridized carbons (Fsp3) is 0.625. The first kappa shape index (κ1) is 17.5. The molecule has 0 bridgehead atoms. The summed E-state index contributed by atoms with van der Waals surface area (Å²) in [5.41, 5.74) is 0. The van der Waals surface area contributed by atoms with Crippen LogP contribution in [0.15, 0.2) is 28.7 Å². The van der Waals surface area contributed by atoms with Crippen LogP contribution < -0.4 is 10.1 Å². The first-order valence-electron chi connectivity index (χ1n) is 7.24. The first-order valence-corrected chi connectivity index (χ1v) is 8.03. The van der Waals surface area contributed by atoms with E-state index >= 15 is 0 Å². The Morgan fingerprint density at radius 1 is 1.30 bits per heavy atom. The number of hydrogen-bond donors (Lipinski definition) is 1. The van der Waals surface area contributed by atoms with E-state index in [1.807, 2.05) is 24.3 Å². The van der Waals surface area contributed by atoms with E-state index in [1.54, 1.807) is 0 Å². The number of nitrogens with zero attached hydrogens (tertiary/aromatic N) is 1. The predicted molar refractivity (Wildman–Crippen MR) is 89.4 cm³/mol. The molecule has 0 radical (unpaired) electrons. The van der Waals surface area contributed by atoms with Gasteiger partial charge in [0.25, 0.3) is 0 Å². The molecule has 0 amide bonds. The largest absolute Gasteiger partial charge is 0.492 e. The molecule has 1 atom stereocenters. The highest BCUT2D eigenvalue weighted by Gasteiger charge is 2.11. The minimum Gasteiger partial charge on any atom is -0.492 e. The van der Waals surface area contributed by atoms with Crippen LogP contribution in [-0.4, -0.2) is 44.7 Å². The van der Waals surface area contributed by atoms with Gasteiger partial charge in [-0.3, -0.25) is 0 Å². The van der Waals surface area contributed by atoms with E-state index in [0.717, 1.165) is 23.3 Å². The molecule has 1 aromatic carbocycles. The van der Waals surface area contributed by atoms with Gasteiger partial charge in [0.2, 0.25) is 0 Å². The highest BCUT2D eigenvalue weighted by atomic mass is 79.9. The van der Waals surface area contributed by atoms with Crippen molar-refractivity contribution in [2.24, 2.45) is 5.92 Å². The molecule has 0 heterocycles. The van der Waals surface area contributed by atoms with Crippen molar-refractivity contribution in [2.45, 2.75) is 26.3 Å². The fourth-order valence-electron chi connectivity index (χ4n) is 2.22. The maximum absolute atomic E-state index is 5.74. The summed E-state index contributed by atoms with van der Waals surface area (Å²) in [5.74, 6) is 1.62. The Hall–Kier alpha value is -0.580. The zero-order valence-electron chi connectivity index (χ0n) is 13.0. The molecule has 3 nitrogen and oxygen atoms in total. The zero-order chi connectivity index (χ0) is 15.0. The molecule has 0 aliphatic heterocycles. The van der Waals surface area contributed by atoms with E-state index in [0.29, 0.717) is 18.6 Å². The lowest BCUT2D eigenvalue weighted by Crippen LogP contribution is -2.41. The van der Waals surface area contributed by atoms with Crippen molar-refractivity contribution in [3.63, 3.8) is 0 Å². The summed E-state index contributed by atoms with van der Waals surface area (Å²) in [6.45, 7) is 7.16. The quantitative estimate of drug-likeness (QED) is 0.696. The van der Waals surface area contributed by atoms with Gasteiger partial charge in [-0.05, 0) is 44.6 Å². The van der Waals surface area contributed by atoms with Gasteiger partial charge in [-0.1, -0.05) is 35.8 Å². The molecule has 0 spiro atoms. The normalized spacial score (nSPS) is 12.9. The first-order chi connectivity index (χ1) is 9.47. The van der Waals surface area contributed by atoms with E-state index in [-0.39, 0.29) is 0 Å². The molecule has 0 saturated heterocycles. The molecule has 114 valence electrons. The smallest absolute Gasteiger partial charge is 0.120 e. The van der Waals surface area contributed by atoms with E-state index in [4.69, 9.17) is 4.74 Å². The van der Waals surface area contributed by atoms with Crippen LogP contribution in [0, 0.1) is 5.92 Å². The van der Waals surface area contributed by atoms with Gasteiger partial charge in [0.15, 0.2) is 0 Å². The van der Waals surface area contributed by atoms with Crippen LogP contribution in [0.1, 0.15) is 20.3 Å². The van der Waals surface area contributed by atoms with E-state index < -0.39 is 0 Å². The number of ether oxygens (including phenoxy) is 1. The van der Waals surface area contributed by atoms with Crippen molar-refractivity contribution in [1.29, 1.82) is 0 Å². The average Bonchev–Trinajstić information content (AvgIpc) is 2.33. The second-order valence-electron chi connectivity index (χ2n) is 5.85. The third kappa shape index (κ3) is 7.88. The van der Waals surface area contributed by atoms with Gasteiger partial charge in [-0.25, -0.2) is 0 Å². The Kier molecular flexibility index (Phi) is 8.19. The third-order valence-corrected chi connectivity index (χ3v) is 3.43. The summed E-state index contributed by atoms with van der Waals surface area (Å²) in [5, 5.41) is 3.59. The molecule has 0 aliphatic rings. The molecule has 1 aromatic rings. The molecule has 0 aliphatic carbocycles. The van der Waals surface area contributed by atoms with Gasteiger partial charge in [0, 0.05) is 23.6 Å². The second-order valence-corrected chi connectivity index (χ2v) is 6.76. The Morgan fingerprint density at radius 3 is 2.65 bits per heavy atom. The lowest BCUT2D eigenvalue weighted by Gasteiger charge is -2.24. The highest BCUT2D eigenvalue weighted by molar-refractivity contribution is 9.10. The van der Waals surface area contributed by atoms with Crippen molar-refractivity contribution in [2.75, 3.05) is 33.8 Å². The lowest BCUT2D eigenvalue weighted by molar-refractivity contribution is 0.270. The standard InChI is InChI=1S/C16H27BrN2O/c1-13(2)10-15(12-19(3)4)18-8-9-20-16-7-5-6-14(17)11-16/h5-7,11,13,15,18H,8-10,12H2,1-4H3. The van der Waals surface area contributed by atoms with Crippen molar-refractivity contribution in [3.8, 4) is 5.75 Å². The monoisotopic (exact) mass is 342 g/mol. The van der Waals surface area contributed by atoms with Gasteiger partial charge >= 0.3 is 0 Å². The maximum Gasteiger partial charge on any atom is 0.120 e. The van der Waals surface area contributed by atoms with Crippen molar-refractivity contribution in [3.05, 3.63) is 28.7 Å². The van der Waals surface area contributed by atoms with E-state index in [9.17, 15) is 0 Å². The number of nitrogens with one attached hydrogen (secondary N) is 1. The topological polar surface area (TPSA) is 24.5 Å². The Labute approximate surface area is 131 Å². The van der Waals surface area contributed by atoms with Crippen molar-refractivity contribution >= 4 is 15.9 Å². The van der Waals surface area contributed by atoms with Gasteiger partial charge < -0.3 is 15.0 Å². The van der Waals surface area contributed by atoms with Gasteiger partial charge in [0.05, 0.1) is 0 Å². The van der Waals surface area contributed by atoms with Gasteiger partial charge in [-0.15, -0.1) is 0 Å². The number of halogens is 1. The number of rotatable bonds is 9. The molecule has 0 fully saturated rings. The molecule has 4 heteroatoms. The maximum atomic E-state index is 5.74. The Balaban J connectivity index is 2.29. The lowest BCUT2D eigenvalue weighted by atomic mass is 10.0. The molecular formula is C16H27BrN2O. The summed E-state index contributed by atoms with van der Waals surface area (Å²) in [4.78, 5) is 2.23. The molecule has 0 saturated carbocycles. The SMILES string of the molecule is CC(C)CC(CN(C)C)NCCOc1cccc(Br)c1. The molecule has 0 aromatic heterocycles. The highest BCUT2D eigenvalue weighted by Crippen LogP contribution is 2.17. The minimum absolute atomic E-state index is 0.524. The summed E-state index contributed by atoms with van der Waals surface area (Å²) >= 11 is 3.45. The Bertz CT molecular complexity index is 372. The van der Waals surface area contributed by atoms with E-state index in [1.165, 1.54) is 6.42 Å². The summed E-state index contributed by atoms with van der Waals surface area (Å²) in [6.07, 6.45) is 1.19. The van der Waals surface area contributed by atoms with Gasteiger partial charge in [0.1, 0.15) is 12.4 Å². The second kappa shape index (κ2) is 9.37. The Morgan fingerprint density at radius 2 is 2.05 bits per heavy atom. The average molecular weight is 343 g/mol. The fourth-order valence-corrected chi connectivity index (χ4v) is 2.60. The summed E-state index contributed by atoms with van der Waals surface area (Å²) in [7, 11) is 4.24. The van der Waals surface area contributed by atoms with Crippen molar-refractivity contribution < 1.29 is 4.74 Å². The number of hydrogen-bond acceptors (Lipinski definition) is 3. The van der Waals surface area contributed by atoms with Crippen LogP contribution >= 0.6 is 15.9 Å². The number of likely N-dealkylation sites (N-methyl/N-ethyl adjacent to an activating group) is 1.